The van der Waals surface area contributed by atoms with Crippen molar-refractivity contribution in [2.24, 2.45) is 0 Å². The number of benzene rings is 2. The fourth-order valence-corrected chi connectivity index (χ4v) is 4.47. The Morgan fingerprint density at radius 1 is 1.21 bits per heavy atom. The van der Waals surface area contributed by atoms with Gasteiger partial charge in [-0.05, 0) is 56.1 Å². The normalized spacial score (nSPS) is 17.6. The van der Waals surface area contributed by atoms with Crippen LogP contribution in [-0.2, 0) is 16.4 Å². The van der Waals surface area contributed by atoms with Gasteiger partial charge in [0.1, 0.15) is 11.9 Å². The van der Waals surface area contributed by atoms with Gasteiger partial charge < -0.3 is 9.64 Å². The molecule has 28 heavy (non-hydrogen) atoms. The van der Waals surface area contributed by atoms with Crippen molar-refractivity contribution in [2.75, 3.05) is 24.9 Å². The van der Waals surface area contributed by atoms with Gasteiger partial charge in [0, 0.05) is 19.2 Å². The van der Waals surface area contributed by atoms with E-state index in [1.54, 1.807) is 30.3 Å². The van der Waals surface area contributed by atoms with Crippen molar-refractivity contribution in [2.45, 2.75) is 43.6 Å². The molecule has 0 aromatic heterocycles. The van der Waals surface area contributed by atoms with Gasteiger partial charge in [0.05, 0.1) is 15.6 Å². The number of aryl methyl sites for hydroxylation is 1. The van der Waals surface area contributed by atoms with E-state index in [9.17, 15) is 8.42 Å². The average Bonchev–Trinajstić information content (AvgIpc) is 3.07. The number of likely N-dealkylation sites (tertiary alicyclic amines) is 1. The van der Waals surface area contributed by atoms with Gasteiger partial charge in [-0.1, -0.05) is 37.1 Å². The summed E-state index contributed by atoms with van der Waals surface area (Å²) in [5.41, 5.74) is 1.57. The van der Waals surface area contributed by atoms with Crippen LogP contribution in [0, 0.1) is 0 Å². The first kappa shape index (κ1) is 21.0. The summed E-state index contributed by atoms with van der Waals surface area (Å²) in [5.74, 6) is 0.497. The molecule has 2 aromatic carbocycles. The summed E-state index contributed by atoms with van der Waals surface area (Å²) in [6, 6.07) is 12.0. The number of hydrogen-bond donors (Lipinski definition) is 1. The number of nitrogens with zero attached hydrogens (tertiary/aromatic N) is 1. The Bertz CT molecular complexity index is 900. The number of rotatable bonds is 8. The van der Waals surface area contributed by atoms with Crippen LogP contribution < -0.4 is 9.46 Å². The zero-order valence-corrected chi connectivity index (χ0v) is 17.9. The third-order valence-corrected chi connectivity index (χ3v) is 6.59. The molecule has 0 aliphatic carbocycles. The van der Waals surface area contributed by atoms with Crippen LogP contribution in [0.15, 0.2) is 47.4 Å². The summed E-state index contributed by atoms with van der Waals surface area (Å²) in [4.78, 5) is 2.43. The van der Waals surface area contributed by atoms with Crippen LogP contribution in [0.4, 0.5) is 5.69 Å². The summed E-state index contributed by atoms with van der Waals surface area (Å²) in [6.07, 6.45) is 4.14. The third kappa shape index (κ3) is 5.40. The van der Waals surface area contributed by atoms with Crippen molar-refractivity contribution in [1.82, 2.24) is 4.90 Å². The van der Waals surface area contributed by atoms with Gasteiger partial charge in [0.25, 0.3) is 10.0 Å². The van der Waals surface area contributed by atoms with E-state index >= 15 is 0 Å². The van der Waals surface area contributed by atoms with Gasteiger partial charge >= 0.3 is 0 Å². The quantitative estimate of drug-likeness (QED) is 0.677. The van der Waals surface area contributed by atoms with E-state index in [2.05, 4.69) is 16.5 Å². The SMILES string of the molecule is CCCCc1ccc(S(=O)(=O)Nc2ccc(Cl)c(OC3CCN(C)C3)c2)cc1. The zero-order valence-electron chi connectivity index (χ0n) is 16.3. The molecule has 1 atom stereocenters. The van der Waals surface area contributed by atoms with Crippen LogP contribution in [0.2, 0.25) is 5.02 Å². The Labute approximate surface area is 172 Å². The number of likely N-dealkylation sites (N-methyl/N-ethyl adjacent to an activating group) is 1. The predicted molar refractivity (Wildman–Crippen MR) is 114 cm³/mol. The molecule has 152 valence electrons. The first-order valence-electron chi connectivity index (χ1n) is 9.64. The topological polar surface area (TPSA) is 58.6 Å². The second kappa shape index (κ2) is 9.16. The Kier molecular flexibility index (Phi) is 6.86. The fourth-order valence-electron chi connectivity index (χ4n) is 3.26. The summed E-state index contributed by atoms with van der Waals surface area (Å²) < 4.78 is 34.0. The van der Waals surface area contributed by atoms with E-state index in [0.29, 0.717) is 16.5 Å². The molecule has 1 heterocycles. The van der Waals surface area contributed by atoms with Crippen LogP contribution in [0.3, 0.4) is 0 Å². The Hall–Kier alpha value is -1.76. The number of ether oxygens (including phenoxy) is 1. The summed E-state index contributed by atoms with van der Waals surface area (Å²) >= 11 is 6.24. The molecule has 1 fully saturated rings. The first-order valence-corrected chi connectivity index (χ1v) is 11.5. The molecule has 1 unspecified atom stereocenters. The van der Waals surface area contributed by atoms with Crippen LogP contribution in [0.1, 0.15) is 31.7 Å². The molecular weight excluding hydrogens is 396 g/mol. The van der Waals surface area contributed by atoms with E-state index in [0.717, 1.165) is 44.3 Å². The Morgan fingerprint density at radius 3 is 2.61 bits per heavy atom. The fraction of sp³-hybridized carbons (Fsp3) is 0.429. The lowest BCUT2D eigenvalue weighted by molar-refractivity contribution is 0.208. The summed E-state index contributed by atoms with van der Waals surface area (Å²) in [6.45, 7) is 3.94. The molecule has 1 aliphatic rings. The molecule has 0 bridgehead atoms. The maximum absolute atomic E-state index is 12.7. The van der Waals surface area contributed by atoms with Crippen molar-refractivity contribution >= 4 is 27.3 Å². The first-order chi connectivity index (χ1) is 13.4. The minimum Gasteiger partial charge on any atom is -0.487 e. The van der Waals surface area contributed by atoms with Crippen LogP contribution in [0.5, 0.6) is 5.75 Å². The Balaban J connectivity index is 1.72. The maximum Gasteiger partial charge on any atom is 0.261 e. The van der Waals surface area contributed by atoms with Crippen molar-refractivity contribution in [3.63, 3.8) is 0 Å². The van der Waals surface area contributed by atoms with Gasteiger partial charge in [-0.25, -0.2) is 8.42 Å². The number of nitrogens with one attached hydrogen (secondary N) is 1. The second-order valence-electron chi connectivity index (χ2n) is 7.29. The predicted octanol–water partition coefficient (Wildman–Crippen LogP) is 4.57. The lowest BCUT2D eigenvalue weighted by atomic mass is 10.1. The number of halogens is 1. The van der Waals surface area contributed by atoms with Gasteiger partial charge in [-0.2, -0.15) is 0 Å². The molecule has 1 aliphatic heterocycles. The van der Waals surface area contributed by atoms with Crippen LogP contribution in [-0.4, -0.2) is 39.6 Å². The molecule has 0 spiro atoms. The van der Waals surface area contributed by atoms with Crippen molar-refractivity contribution < 1.29 is 13.2 Å². The van der Waals surface area contributed by atoms with E-state index in [4.69, 9.17) is 16.3 Å². The van der Waals surface area contributed by atoms with Crippen molar-refractivity contribution in [3.8, 4) is 5.75 Å². The average molecular weight is 423 g/mol. The highest BCUT2D eigenvalue weighted by Gasteiger charge is 2.22. The lowest BCUT2D eigenvalue weighted by Crippen LogP contribution is -2.21. The maximum atomic E-state index is 12.7. The molecule has 1 N–H and O–H groups in total. The third-order valence-electron chi connectivity index (χ3n) is 4.88. The van der Waals surface area contributed by atoms with E-state index < -0.39 is 10.0 Å². The highest BCUT2D eigenvalue weighted by Crippen LogP contribution is 2.31. The van der Waals surface area contributed by atoms with Crippen molar-refractivity contribution in [3.05, 3.63) is 53.1 Å². The lowest BCUT2D eigenvalue weighted by Gasteiger charge is -2.16. The second-order valence-corrected chi connectivity index (χ2v) is 9.38. The summed E-state index contributed by atoms with van der Waals surface area (Å²) in [7, 11) is -1.63. The molecule has 0 amide bonds. The van der Waals surface area contributed by atoms with Crippen molar-refractivity contribution in [1.29, 1.82) is 0 Å². The molecule has 0 radical (unpaired) electrons. The van der Waals surface area contributed by atoms with Crippen LogP contribution in [0.25, 0.3) is 0 Å². The number of unbranched alkanes of at least 4 members (excludes halogenated alkanes) is 1. The molecule has 0 saturated carbocycles. The molecule has 7 heteroatoms. The Morgan fingerprint density at radius 2 is 1.96 bits per heavy atom. The van der Waals surface area contributed by atoms with E-state index in [1.807, 2.05) is 19.2 Å². The standard InChI is InChI=1S/C21H27ClN2O3S/c1-3-4-5-16-6-9-19(10-7-16)28(25,26)23-17-8-11-20(22)21(14-17)27-18-12-13-24(2)15-18/h6-11,14,18,23H,3-5,12-13,15H2,1-2H3. The minimum atomic E-state index is -3.67. The number of hydrogen-bond acceptors (Lipinski definition) is 4. The number of sulfonamides is 1. The molecule has 5 nitrogen and oxygen atoms in total. The number of anilines is 1. The molecule has 1 saturated heterocycles. The van der Waals surface area contributed by atoms with E-state index in [1.165, 1.54) is 0 Å². The van der Waals surface area contributed by atoms with Crippen LogP contribution >= 0.6 is 11.6 Å². The van der Waals surface area contributed by atoms with Gasteiger partial charge in [-0.3, -0.25) is 4.72 Å². The zero-order chi connectivity index (χ0) is 20.1. The van der Waals surface area contributed by atoms with E-state index in [-0.39, 0.29) is 11.0 Å². The minimum absolute atomic E-state index is 0.0602. The monoisotopic (exact) mass is 422 g/mol. The van der Waals surface area contributed by atoms with Gasteiger partial charge in [0.2, 0.25) is 0 Å². The highest BCUT2D eigenvalue weighted by atomic mass is 35.5. The molecule has 2 aromatic rings. The highest BCUT2D eigenvalue weighted by molar-refractivity contribution is 7.92. The molecule has 3 rings (SSSR count). The smallest absolute Gasteiger partial charge is 0.261 e. The molecular formula is C21H27ClN2O3S. The largest absolute Gasteiger partial charge is 0.487 e. The summed E-state index contributed by atoms with van der Waals surface area (Å²) in [5, 5.41) is 0.470. The van der Waals surface area contributed by atoms with Gasteiger partial charge in [-0.15, -0.1) is 0 Å². The van der Waals surface area contributed by atoms with Gasteiger partial charge in [0.15, 0.2) is 0 Å².